The quantitative estimate of drug-likeness (QED) is 0.443. The maximum atomic E-state index is 13.6. The second kappa shape index (κ2) is 9.38. The van der Waals surface area contributed by atoms with Gasteiger partial charge in [0.2, 0.25) is 0 Å². The smallest absolute Gasteiger partial charge is 0.272 e. The summed E-state index contributed by atoms with van der Waals surface area (Å²) in [5.74, 6) is 0.578. The van der Waals surface area contributed by atoms with Gasteiger partial charge in [0.15, 0.2) is 0 Å². The highest BCUT2D eigenvalue weighted by molar-refractivity contribution is 6.30. The van der Waals surface area contributed by atoms with E-state index >= 15 is 0 Å². The van der Waals surface area contributed by atoms with E-state index in [1.165, 1.54) is 0 Å². The summed E-state index contributed by atoms with van der Waals surface area (Å²) in [6, 6.07) is 24.6. The fourth-order valence-corrected chi connectivity index (χ4v) is 4.21. The standard InChI is InChI=1S/C26H21ClN6O/c27-21-10-8-19(9-11-21)23-17-24(33(30-23)22-6-2-1-3-7-22)26(34)32-15-13-31(14-16-32)25-20(18-28)5-4-12-29-25/h1-12,17H,13-16H2. The van der Waals surface area contributed by atoms with Gasteiger partial charge in [-0.15, -0.1) is 0 Å². The average molecular weight is 469 g/mol. The van der Waals surface area contributed by atoms with Crippen molar-refractivity contribution >= 4 is 23.3 Å². The number of carbonyl (C=O) groups is 1. The highest BCUT2D eigenvalue weighted by Gasteiger charge is 2.27. The highest BCUT2D eigenvalue weighted by atomic mass is 35.5. The van der Waals surface area contributed by atoms with Crippen LogP contribution in [-0.4, -0.2) is 51.8 Å². The SMILES string of the molecule is N#Cc1cccnc1N1CCN(C(=O)c2cc(-c3ccc(Cl)cc3)nn2-c2ccccc2)CC1. The van der Waals surface area contributed by atoms with E-state index in [2.05, 4.69) is 16.0 Å². The summed E-state index contributed by atoms with van der Waals surface area (Å²) in [7, 11) is 0. The molecule has 0 unspecified atom stereocenters. The van der Waals surface area contributed by atoms with Crippen molar-refractivity contribution in [3.63, 3.8) is 0 Å². The van der Waals surface area contributed by atoms with E-state index in [4.69, 9.17) is 16.7 Å². The first-order valence-corrected chi connectivity index (χ1v) is 11.3. The number of rotatable bonds is 4. The summed E-state index contributed by atoms with van der Waals surface area (Å²) in [6.07, 6.45) is 1.68. The molecule has 4 aromatic rings. The molecule has 1 aliphatic heterocycles. The van der Waals surface area contributed by atoms with E-state index in [0.29, 0.717) is 54.0 Å². The number of nitriles is 1. The van der Waals surface area contributed by atoms with Gasteiger partial charge < -0.3 is 9.80 Å². The molecule has 5 rings (SSSR count). The number of halogens is 1. The van der Waals surface area contributed by atoms with E-state index in [1.54, 1.807) is 23.0 Å². The Kier molecular flexibility index (Phi) is 5.98. The first-order valence-electron chi connectivity index (χ1n) is 10.9. The van der Waals surface area contributed by atoms with Crippen LogP contribution >= 0.6 is 11.6 Å². The van der Waals surface area contributed by atoms with E-state index in [1.807, 2.05) is 65.6 Å². The van der Waals surface area contributed by atoms with Gasteiger partial charge in [0.1, 0.15) is 17.6 Å². The van der Waals surface area contributed by atoms with Crippen molar-refractivity contribution in [1.82, 2.24) is 19.7 Å². The van der Waals surface area contributed by atoms with Crippen LogP contribution in [-0.2, 0) is 0 Å². The van der Waals surface area contributed by atoms with Gasteiger partial charge in [-0.05, 0) is 42.5 Å². The first kappa shape index (κ1) is 21.7. The molecule has 0 radical (unpaired) electrons. The molecule has 0 aliphatic carbocycles. The maximum Gasteiger partial charge on any atom is 0.272 e. The summed E-state index contributed by atoms with van der Waals surface area (Å²) in [5.41, 5.74) is 3.45. The Labute approximate surface area is 202 Å². The molecule has 3 heterocycles. The van der Waals surface area contributed by atoms with Crippen molar-refractivity contribution < 1.29 is 4.79 Å². The van der Waals surface area contributed by atoms with Gasteiger partial charge in [0.05, 0.1) is 16.9 Å². The Morgan fingerprint density at radius 1 is 0.941 bits per heavy atom. The largest absolute Gasteiger partial charge is 0.352 e. The van der Waals surface area contributed by atoms with Crippen LogP contribution in [0.5, 0.6) is 0 Å². The average Bonchev–Trinajstić information content (AvgIpc) is 3.35. The van der Waals surface area contributed by atoms with Crippen molar-refractivity contribution in [1.29, 1.82) is 5.26 Å². The van der Waals surface area contributed by atoms with Crippen molar-refractivity contribution in [2.75, 3.05) is 31.1 Å². The Hall–Kier alpha value is -4.15. The molecule has 168 valence electrons. The summed E-state index contributed by atoms with van der Waals surface area (Å²) >= 11 is 6.05. The fourth-order valence-electron chi connectivity index (χ4n) is 4.08. The van der Waals surface area contributed by atoms with Crippen molar-refractivity contribution in [3.05, 3.63) is 95.3 Å². The number of nitrogens with zero attached hydrogens (tertiary/aromatic N) is 6. The predicted octanol–water partition coefficient (Wildman–Crippen LogP) is 4.42. The van der Waals surface area contributed by atoms with Gasteiger partial charge in [-0.1, -0.05) is 41.9 Å². The Bertz CT molecular complexity index is 1350. The van der Waals surface area contributed by atoms with Gasteiger partial charge in [0, 0.05) is 43.0 Å². The lowest BCUT2D eigenvalue weighted by Crippen LogP contribution is -2.49. The zero-order chi connectivity index (χ0) is 23.5. The Morgan fingerprint density at radius 3 is 2.38 bits per heavy atom. The molecule has 0 bridgehead atoms. The topological polar surface area (TPSA) is 78.1 Å². The molecule has 1 amide bonds. The van der Waals surface area contributed by atoms with E-state index in [-0.39, 0.29) is 5.91 Å². The number of piperazine rings is 1. The summed E-state index contributed by atoms with van der Waals surface area (Å²) in [5, 5.41) is 14.8. The molecule has 2 aromatic carbocycles. The third-order valence-corrected chi connectivity index (χ3v) is 6.09. The molecular formula is C26H21ClN6O. The highest BCUT2D eigenvalue weighted by Crippen LogP contribution is 2.25. The Balaban J connectivity index is 1.42. The van der Waals surface area contributed by atoms with Crippen molar-refractivity contribution in [2.45, 2.75) is 0 Å². The Morgan fingerprint density at radius 2 is 1.68 bits per heavy atom. The molecule has 7 nitrogen and oxygen atoms in total. The second-order valence-corrected chi connectivity index (χ2v) is 8.37. The minimum Gasteiger partial charge on any atom is -0.352 e. The number of hydrogen-bond acceptors (Lipinski definition) is 5. The van der Waals surface area contributed by atoms with Crippen LogP contribution in [0.15, 0.2) is 79.0 Å². The van der Waals surface area contributed by atoms with Gasteiger partial charge in [-0.3, -0.25) is 4.79 Å². The molecule has 2 aromatic heterocycles. The summed E-state index contributed by atoms with van der Waals surface area (Å²) in [6.45, 7) is 2.24. The third-order valence-electron chi connectivity index (χ3n) is 5.84. The van der Waals surface area contributed by atoms with Gasteiger partial charge in [0.25, 0.3) is 5.91 Å². The monoisotopic (exact) mass is 468 g/mol. The van der Waals surface area contributed by atoms with Crippen LogP contribution < -0.4 is 4.90 Å². The van der Waals surface area contributed by atoms with Crippen LogP contribution in [0.1, 0.15) is 16.1 Å². The number of pyridine rings is 1. The van der Waals surface area contributed by atoms with E-state index < -0.39 is 0 Å². The number of hydrogen-bond donors (Lipinski definition) is 0. The zero-order valence-corrected chi connectivity index (χ0v) is 19.1. The number of aromatic nitrogens is 3. The van der Waals surface area contributed by atoms with Crippen molar-refractivity contribution in [3.8, 4) is 23.0 Å². The molecule has 8 heteroatoms. The lowest BCUT2D eigenvalue weighted by Gasteiger charge is -2.35. The van der Waals surface area contributed by atoms with Crippen LogP contribution in [0.25, 0.3) is 16.9 Å². The van der Waals surface area contributed by atoms with Gasteiger partial charge in [-0.2, -0.15) is 10.4 Å². The number of carbonyl (C=O) groups excluding carboxylic acids is 1. The minimum absolute atomic E-state index is 0.0854. The van der Waals surface area contributed by atoms with Crippen molar-refractivity contribution in [2.24, 2.45) is 0 Å². The second-order valence-electron chi connectivity index (χ2n) is 7.93. The molecule has 0 spiro atoms. The predicted molar refractivity (Wildman–Crippen MR) is 131 cm³/mol. The molecule has 0 N–H and O–H groups in total. The molecule has 1 aliphatic rings. The van der Waals surface area contributed by atoms with Crippen LogP contribution in [0.4, 0.5) is 5.82 Å². The van der Waals surface area contributed by atoms with Crippen LogP contribution in [0.2, 0.25) is 5.02 Å². The van der Waals surface area contributed by atoms with Crippen LogP contribution in [0, 0.1) is 11.3 Å². The number of benzene rings is 2. The molecule has 1 saturated heterocycles. The van der Waals surface area contributed by atoms with E-state index in [0.717, 1.165) is 11.3 Å². The zero-order valence-electron chi connectivity index (χ0n) is 18.3. The number of anilines is 1. The summed E-state index contributed by atoms with van der Waals surface area (Å²) < 4.78 is 1.70. The van der Waals surface area contributed by atoms with Gasteiger partial charge in [-0.25, -0.2) is 9.67 Å². The fraction of sp³-hybridized carbons (Fsp3) is 0.154. The summed E-state index contributed by atoms with van der Waals surface area (Å²) in [4.78, 5) is 21.9. The van der Waals surface area contributed by atoms with Gasteiger partial charge >= 0.3 is 0 Å². The number of para-hydroxylation sites is 1. The lowest BCUT2D eigenvalue weighted by atomic mass is 10.1. The molecule has 0 atom stereocenters. The first-order chi connectivity index (χ1) is 16.6. The third kappa shape index (κ3) is 4.24. The lowest BCUT2D eigenvalue weighted by molar-refractivity contribution is 0.0737. The minimum atomic E-state index is -0.0854. The maximum absolute atomic E-state index is 13.6. The van der Waals surface area contributed by atoms with E-state index in [9.17, 15) is 10.1 Å². The molecule has 1 fully saturated rings. The van der Waals surface area contributed by atoms with Crippen LogP contribution in [0.3, 0.4) is 0 Å². The number of amides is 1. The molecular weight excluding hydrogens is 448 g/mol. The molecule has 34 heavy (non-hydrogen) atoms. The molecule has 0 saturated carbocycles. The normalized spacial score (nSPS) is 13.5.